The van der Waals surface area contributed by atoms with Crippen molar-refractivity contribution in [3.63, 3.8) is 0 Å². The molecule has 7 nitrogen and oxygen atoms in total. The Morgan fingerprint density at radius 1 is 0.543 bits per heavy atom. The molecule has 0 aliphatic rings. The average molecular weight is 498 g/mol. The summed E-state index contributed by atoms with van der Waals surface area (Å²) in [7, 11) is 0. The molecule has 0 aromatic rings. The summed E-state index contributed by atoms with van der Waals surface area (Å²) in [4.78, 5) is 44.6. The van der Waals surface area contributed by atoms with E-state index in [9.17, 15) is 19.2 Å². The first-order valence-electron chi connectivity index (χ1n) is 14.1. The Kier molecular flexibility index (Phi) is 22.5. The molecule has 0 radical (unpaired) electrons. The summed E-state index contributed by atoms with van der Waals surface area (Å²) >= 11 is 0. The van der Waals surface area contributed by atoms with Crippen molar-refractivity contribution in [2.45, 2.75) is 154 Å². The third-order valence-corrected chi connectivity index (χ3v) is 6.46. The van der Waals surface area contributed by atoms with Crippen molar-refractivity contribution in [3.8, 4) is 0 Å². The second-order valence-electron chi connectivity index (χ2n) is 9.96. The lowest BCUT2D eigenvalue weighted by molar-refractivity contribution is -0.142. The molecular weight excluding hydrogens is 446 g/mol. The van der Waals surface area contributed by atoms with Crippen LogP contribution in [0.5, 0.6) is 0 Å². The van der Waals surface area contributed by atoms with E-state index in [0.29, 0.717) is 12.8 Å². The smallest absolute Gasteiger partial charge is 0.326 e. The molecule has 0 spiro atoms. The lowest BCUT2D eigenvalue weighted by atomic mass is 10.0. The molecule has 0 aromatic heterocycles. The van der Waals surface area contributed by atoms with Gasteiger partial charge in [-0.3, -0.25) is 9.59 Å². The van der Waals surface area contributed by atoms with E-state index in [1.165, 1.54) is 90.4 Å². The van der Waals surface area contributed by atoms with Gasteiger partial charge >= 0.3 is 11.9 Å². The van der Waals surface area contributed by atoms with Crippen LogP contribution in [0.3, 0.4) is 0 Å². The molecule has 0 aromatic carbocycles. The summed E-state index contributed by atoms with van der Waals surface area (Å²) in [6, 6.07) is -0.973. The molecule has 1 amide bonds. The molecule has 0 fully saturated rings. The van der Waals surface area contributed by atoms with Crippen molar-refractivity contribution >= 4 is 23.6 Å². The van der Waals surface area contributed by atoms with E-state index in [2.05, 4.69) is 5.32 Å². The van der Waals surface area contributed by atoms with Gasteiger partial charge in [0.15, 0.2) is 0 Å². The predicted octanol–water partition coefficient (Wildman–Crippen LogP) is 6.81. The minimum absolute atomic E-state index is 0.0727. The molecule has 0 saturated carbocycles. The normalized spacial score (nSPS) is 11.8. The van der Waals surface area contributed by atoms with E-state index in [1.54, 1.807) is 0 Å². The van der Waals surface area contributed by atoms with Crippen LogP contribution in [0.15, 0.2) is 0 Å². The minimum Gasteiger partial charge on any atom is -0.481 e. The zero-order valence-corrected chi connectivity index (χ0v) is 22.2. The Hall–Kier alpha value is -1.92. The molecule has 0 rings (SSSR count). The summed E-state index contributed by atoms with van der Waals surface area (Å²) < 4.78 is 0. The zero-order chi connectivity index (χ0) is 26.2. The van der Waals surface area contributed by atoms with Gasteiger partial charge in [0.25, 0.3) is 0 Å². The maximum absolute atomic E-state index is 11.9. The SMILES string of the molecule is CC(=O)CCC(NC(=O)CCCCCCCCCCCCCCCCCCCCC(=O)O)C(=O)O. The number of unbranched alkanes of at least 4 members (excludes halogenated alkanes) is 17. The van der Waals surface area contributed by atoms with E-state index in [-0.39, 0.29) is 24.5 Å². The van der Waals surface area contributed by atoms with Gasteiger partial charge in [0.2, 0.25) is 5.91 Å². The minimum atomic E-state index is -1.09. The number of amides is 1. The Labute approximate surface area is 212 Å². The van der Waals surface area contributed by atoms with Crippen molar-refractivity contribution < 1.29 is 29.4 Å². The van der Waals surface area contributed by atoms with E-state index in [1.807, 2.05) is 0 Å². The summed E-state index contributed by atoms with van der Waals surface area (Å²) in [6.07, 6.45) is 22.3. The Morgan fingerprint density at radius 2 is 0.886 bits per heavy atom. The Balaban J connectivity index is 3.35. The maximum atomic E-state index is 11.9. The van der Waals surface area contributed by atoms with Gasteiger partial charge in [-0.15, -0.1) is 0 Å². The van der Waals surface area contributed by atoms with Crippen molar-refractivity contribution in [1.29, 1.82) is 0 Å². The van der Waals surface area contributed by atoms with Crippen molar-refractivity contribution in [2.24, 2.45) is 0 Å². The molecule has 0 aliphatic heterocycles. The van der Waals surface area contributed by atoms with E-state index in [0.717, 1.165) is 32.1 Å². The highest BCUT2D eigenvalue weighted by molar-refractivity contribution is 5.84. The largest absolute Gasteiger partial charge is 0.481 e. The van der Waals surface area contributed by atoms with Crippen molar-refractivity contribution in [2.75, 3.05) is 0 Å². The van der Waals surface area contributed by atoms with Crippen molar-refractivity contribution in [3.05, 3.63) is 0 Å². The molecule has 0 heterocycles. The molecule has 7 heteroatoms. The third-order valence-electron chi connectivity index (χ3n) is 6.46. The molecule has 0 bridgehead atoms. The van der Waals surface area contributed by atoms with Gasteiger partial charge in [-0.2, -0.15) is 0 Å². The van der Waals surface area contributed by atoms with Crippen molar-refractivity contribution in [1.82, 2.24) is 5.32 Å². The standard InChI is InChI=1S/C28H51NO6/c1-24(30)22-23-25(28(34)35)29-26(31)20-18-16-14-12-10-8-6-4-2-3-5-7-9-11-13-15-17-19-21-27(32)33/h25H,2-23H2,1H3,(H,29,31)(H,32,33)(H,34,35). The second kappa shape index (κ2) is 23.8. The monoisotopic (exact) mass is 497 g/mol. The number of hydrogen-bond donors (Lipinski definition) is 3. The number of rotatable bonds is 26. The van der Waals surface area contributed by atoms with Crippen LogP contribution in [0.2, 0.25) is 0 Å². The number of nitrogens with one attached hydrogen (secondary N) is 1. The fourth-order valence-corrected chi connectivity index (χ4v) is 4.26. The number of carboxylic acid groups (broad SMARTS) is 2. The lowest BCUT2D eigenvalue weighted by Crippen LogP contribution is -2.40. The summed E-state index contributed by atoms with van der Waals surface area (Å²) in [6.45, 7) is 1.42. The molecule has 204 valence electrons. The number of carbonyl (C=O) groups excluding carboxylic acids is 2. The molecule has 3 N–H and O–H groups in total. The van der Waals surface area contributed by atoms with Gasteiger partial charge < -0.3 is 20.3 Å². The van der Waals surface area contributed by atoms with Crippen LogP contribution in [-0.2, 0) is 19.2 Å². The van der Waals surface area contributed by atoms with E-state index < -0.39 is 18.0 Å². The van der Waals surface area contributed by atoms with Gasteiger partial charge in [0, 0.05) is 19.3 Å². The Morgan fingerprint density at radius 3 is 1.20 bits per heavy atom. The number of ketones is 1. The number of Topliss-reactive ketones (excluding diaryl/α,β-unsaturated/α-hetero) is 1. The predicted molar refractivity (Wildman–Crippen MR) is 139 cm³/mol. The van der Waals surface area contributed by atoms with Crippen LogP contribution < -0.4 is 5.32 Å². The topological polar surface area (TPSA) is 121 Å². The first kappa shape index (κ1) is 33.1. The number of hydrogen-bond acceptors (Lipinski definition) is 4. The molecule has 35 heavy (non-hydrogen) atoms. The summed E-state index contributed by atoms with van der Waals surface area (Å²) in [5, 5.41) is 20.3. The van der Waals surface area contributed by atoms with Crippen LogP contribution >= 0.6 is 0 Å². The van der Waals surface area contributed by atoms with E-state index in [4.69, 9.17) is 10.2 Å². The van der Waals surface area contributed by atoms with Gasteiger partial charge in [-0.25, -0.2) is 4.79 Å². The third kappa shape index (κ3) is 25.0. The number of aliphatic carboxylic acids is 2. The zero-order valence-electron chi connectivity index (χ0n) is 22.2. The lowest BCUT2D eigenvalue weighted by Gasteiger charge is -2.13. The van der Waals surface area contributed by atoms with Gasteiger partial charge in [0.05, 0.1) is 0 Å². The highest BCUT2D eigenvalue weighted by atomic mass is 16.4. The van der Waals surface area contributed by atoms with Gasteiger partial charge in [0.1, 0.15) is 11.8 Å². The fraction of sp³-hybridized carbons (Fsp3) is 0.857. The van der Waals surface area contributed by atoms with Crippen LogP contribution in [0.25, 0.3) is 0 Å². The van der Waals surface area contributed by atoms with E-state index >= 15 is 0 Å². The summed E-state index contributed by atoms with van der Waals surface area (Å²) in [5.41, 5.74) is 0. The van der Waals surface area contributed by atoms with Crippen LogP contribution in [-0.4, -0.2) is 39.9 Å². The highest BCUT2D eigenvalue weighted by Gasteiger charge is 2.19. The number of carboxylic acids is 2. The van der Waals surface area contributed by atoms with Gasteiger partial charge in [-0.05, 0) is 26.2 Å². The Bertz CT molecular complexity index is 578. The molecule has 1 atom stereocenters. The quantitative estimate of drug-likeness (QED) is 0.113. The average Bonchev–Trinajstić information content (AvgIpc) is 2.79. The molecule has 0 saturated heterocycles. The summed E-state index contributed by atoms with van der Waals surface area (Å²) in [5.74, 6) is -2.08. The molecule has 0 aliphatic carbocycles. The molecule has 1 unspecified atom stereocenters. The first-order valence-corrected chi connectivity index (χ1v) is 14.1. The highest BCUT2D eigenvalue weighted by Crippen LogP contribution is 2.15. The van der Waals surface area contributed by atoms with Crippen LogP contribution in [0.4, 0.5) is 0 Å². The second-order valence-corrected chi connectivity index (χ2v) is 9.96. The van der Waals surface area contributed by atoms with Crippen LogP contribution in [0, 0.1) is 0 Å². The van der Waals surface area contributed by atoms with Gasteiger partial charge in [-0.1, -0.05) is 103 Å². The number of carbonyl (C=O) groups is 4. The fourth-order valence-electron chi connectivity index (χ4n) is 4.26. The maximum Gasteiger partial charge on any atom is 0.326 e. The van der Waals surface area contributed by atoms with Crippen LogP contribution in [0.1, 0.15) is 148 Å². The molecular formula is C28H51NO6. The first-order chi connectivity index (χ1) is 16.8.